The van der Waals surface area contributed by atoms with Crippen molar-refractivity contribution in [2.45, 2.75) is 323 Å². The molecule has 0 aliphatic rings. The van der Waals surface area contributed by atoms with E-state index in [1.165, 1.54) is 53.5 Å². The molecule has 5 N–H and O–H groups in total. The number of allylic oxidation sites excluding steroid dienone is 10. The number of halogens is 1. The van der Waals surface area contributed by atoms with E-state index in [1.54, 1.807) is 5.48 Å². The van der Waals surface area contributed by atoms with E-state index in [4.69, 9.17) is 19.8 Å². The van der Waals surface area contributed by atoms with Crippen LogP contribution in [0.15, 0.2) is 58.2 Å². The first-order valence-electron chi connectivity index (χ1n) is 26.5. The normalized spacial score (nSPS) is 12.5. The molecular weight excluding hydrogens is 979 g/mol. The quantitative estimate of drug-likeness (QED) is 0.0200. The first-order chi connectivity index (χ1) is 31.6. The summed E-state index contributed by atoms with van der Waals surface area (Å²) in [4.78, 5) is 21.2. The summed E-state index contributed by atoms with van der Waals surface area (Å²) in [5, 5.41) is 35.8. The summed E-state index contributed by atoms with van der Waals surface area (Å²) in [7, 11) is 0. The maximum Gasteiger partial charge on any atom is 0.329 e. The van der Waals surface area contributed by atoms with Crippen molar-refractivity contribution in [3.63, 3.8) is 0 Å². The van der Waals surface area contributed by atoms with Crippen molar-refractivity contribution in [3.8, 4) is 0 Å². The zero-order chi connectivity index (χ0) is 54.8. The third-order valence-corrected chi connectivity index (χ3v) is 11.2. The zero-order valence-electron chi connectivity index (χ0n) is 48.7. The molecule has 0 aromatic carbocycles. The zero-order valence-corrected chi connectivity index (χ0v) is 50.3. The van der Waals surface area contributed by atoms with Crippen molar-refractivity contribution in [2.24, 2.45) is 0 Å². The molecule has 0 rings (SSSR count). The summed E-state index contributed by atoms with van der Waals surface area (Å²) >= 11 is 3.65. The molecular formula is C63H130BrNO8. The number of nitrogens with one attached hydrogen (secondary N) is 1. The fraction of sp³-hybridized carbons (Fsp3) is 0.810. The average molecular weight is 1110 g/mol. The highest BCUT2D eigenvalue weighted by molar-refractivity contribution is 9.10. The first-order valence-corrected chi connectivity index (χ1v) is 27.3. The number of carbonyl (C=O) groups excluding carboxylic acids is 1. The second-order valence-electron chi connectivity index (χ2n) is 21.9. The van der Waals surface area contributed by atoms with Crippen molar-refractivity contribution < 1.29 is 39.6 Å². The minimum Gasteiger partial charge on any atom is -0.480 e. The number of amides is 1. The Morgan fingerprint density at radius 2 is 0.685 bits per heavy atom. The Bertz CT molecular complexity index is 1330. The first kappa shape index (κ1) is 90.4. The SMILES string of the molecule is C.C.C.C.CC/C=C(\C)CCCC(C)(C)Br.CC/C=C(\C)CCCC(C)(C)O.CC/C=C(\C)CCCC(C)(C)O.CC/C=C(\C)CCCC(C)(C)OCC(=O)NO.CC/C=C(\C)CCCC(C)(C)OCC(=O)O. The highest BCUT2D eigenvalue weighted by atomic mass is 79.9. The second kappa shape index (κ2) is 53.3. The van der Waals surface area contributed by atoms with Crippen molar-refractivity contribution in [1.29, 1.82) is 0 Å². The maximum absolute atomic E-state index is 10.8. The number of carbonyl (C=O) groups is 2. The smallest absolute Gasteiger partial charge is 0.329 e. The third kappa shape index (κ3) is 84.1. The Balaban J connectivity index is -0.0000000996. The van der Waals surface area contributed by atoms with E-state index in [9.17, 15) is 19.8 Å². The van der Waals surface area contributed by atoms with Crippen molar-refractivity contribution in [2.75, 3.05) is 13.2 Å². The molecule has 0 unspecified atom stereocenters. The van der Waals surface area contributed by atoms with E-state index >= 15 is 0 Å². The number of aliphatic hydroxyl groups is 2. The van der Waals surface area contributed by atoms with Crippen molar-refractivity contribution in [1.82, 2.24) is 5.48 Å². The molecule has 0 atom stereocenters. The van der Waals surface area contributed by atoms with Gasteiger partial charge in [0.15, 0.2) is 0 Å². The molecule has 0 radical (unpaired) electrons. The molecule has 0 aliphatic heterocycles. The molecule has 0 aromatic heterocycles. The van der Waals surface area contributed by atoms with Gasteiger partial charge in [-0.2, -0.15) is 0 Å². The molecule has 0 aliphatic carbocycles. The van der Waals surface area contributed by atoms with E-state index in [2.05, 4.69) is 129 Å². The molecule has 0 fully saturated rings. The van der Waals surface area contributed by atoms with Crippen LogP contribution in [-0.2, 0) is 19.1 Å². The number of carboxylic acids is 1. The van der Waals surface area contributed by atoms with Gasteiger partial charge in [-0.1, -0.05) is 152 Å². The summed E-state index contributed by atoms with van der Waals surface area (Å²) < 4.78 is 11.1. The van der Waals surface area contributed by atoms with Gasteiger partial charge in [-0.15, -0.1) is 0 Å². The molecule has 10 heteroatoms. The lowest BCUT2D eigenvalue weighted by Crippen LogP contribution is -2.32. The lowest BCUT2D eigenvalue weighted by atomic mass is 9.99. The van der Waals surface area contributed by atoms with Gasteiger partial charge in [-0.3, -0.25) is 10.0 Å². The Morgan fingerprint density at radius 3 is 0.890 bits per heavy atom. The third-order valence-electron chi connectivity index (χ3n) is 10.8. The number of hydrogen-bond donors (Lipinski definition) is 5. The largest absolute Gasteiger partial charge is 0.480 e. The number of carboxylic acid groups (broad SMARTS) is 1. The fourth-order valence-electron chi connectivity index (χ4n) is 6.92. The van der Waals surface area contributed by atoms with Gasteiger partial charge in [0.25, 0.3) is 5.91 Å². The molecule has 0 saturated heterocycles. The Labute approximate surface area is 465 Å². The topological polar surface area (TPSA) is 146 Å². The van der Waals surface area contributed by atoms with Crippen molar-refractivity contribution in [3.05, 3.63) is 58.2 Å². The molecule has 73 heavy (non-hydrogen) atoms. The van der Waals surface area contributed by atoms with Crippen LogP contribution in [-0.4, -0.2) is 72.3 Å². The van der Waals surface area contributed by atoms with Gasteiger partial charge in [-0.25, -0.2) is 10.3 Å². The number of ether oxygens (including phenoxy) is 2. The van der Waals surface area contributed by atoms with Gasteiger partial charge in [0.2, 0.25) is 0 Å². The molecule has 0 aromatic rings. The number of hydroxylamine groups is 1. The minimum atomic E-state index is -0.907. The minimum absolute atomic E-state index is 0. The lowest BCUT2D eigenvalue weighted by molar-refractivity contribution is -0.148. The van der Waals surface area contributed by atoms with Crippen LogP contribution in [0.4, 0.5) is 0 Å². The lowest BCUT2D eigenvalue weighted by Gasteiger charge is -2.24. The van der Waals surface area contributed by atoms with E-state index in [-0.39, 0.29) is 54.1 Å². The number of hydrogen-bond acceptors (Lipinski definition) is 7. The van der Waals surface area contributed by atoms with Crippen LogP contribution in [0.5, 0.6) is 0 Å². The Kier molecular flexibility index (Phi) is 66.1. The number of alkyl halides is 1. The molecule has 1 amide bonds. The van der Waals surface area contributed by atoms with Crippen LogP contribution in [0.2, 0.25) is 0 Å². The molecule has 9 nitrogen and oxygen atoms in total. The highest BCUT2D eigenvalue weighted by Gasteiger charge is 2.20. The van der Waals surface area contributed by atoms with Crippen LogP contribution < -0.4 is 5.48 Å². The molecule has 0 spiro atoms. The predicted octanol–water partition coefficient (Wildman–Crippen LogP) is 20.0. The summed E-state index contributed by atoms with van der Waals surface area (Å²) in [5.41, 5.74) is 7.12. The number of rotatable bonds is 31. The van der Waals surface area contributed by atoms with Crippen LogP contribution in [0.3, 0.4) is 0 Å². The predicted molar refractivity (Wildman–Crippen MR) is 330 cm³/mol. The van der Waals surface area contributed by atoms with Gasteiger partial charge in [0.05, 0.1) is 22.4 Å². The van der Waals surface area contributed by atoms with Crippen LogP contribution in [0.25, 0.3) is 0 Å². The van der Waals surface area contributed by atoms with Crippen LogP contribution >= 0.6 is 15.9 Å². The average Bonchev–Trinajstić information content (AvgIpc) is 3.19. The summed E-state index contributed by atoms with van der Waals surface area (Å²) in [6, 6.07) is 0. The molecule has 442 valence electrons. The molecule has 0 bridgehead atoms. The second-order valence-corrected chi connectivity index (χ2v) is 24.1. The number of aliphatic carboxylic acids is 1. The highest BCUT2D eigenvalue weighted by Crippen LogP contribution is 2.25. The standard InChI is InChI=1S/C13H25NO3.C13H24O3.C11H21Br.2C11H22O.4CH4/c1-5-7-11(2)8-6-9-13(3,4)17-10-12(15)14-16;1-5-7-11(2)8-6-9-13(3,4)16-10-12(14)15;3*1-5-7-10(2)8-6-9-11(3,4)12;;;;/h7,16H,5-6,8-10H2,1-4H3,(H,14,15);7H,5-6,8-10H2,1-4H3,(H,14,15);7H,5-6,8-9H2,1-4H3;2*7,12H,5-6,8-9H2,1-4H3;4*1H4/b2*11-7+;3*10-7+;;;;. The molecule has 0 saturated carbocycles. The van der Waals surface area contributed by atoms with E-state index in [1.807, 2.05) is 55.4 Å². The summed E-state index contributed by atoms with van der Waals surface area (Å²) in [6.45, 7) is 41.0. The van der Waals surface area contributed by atoms with Gasteiger partial charge in [-0.05, 0) is 218 Å². The van der Waals surface area contributed by atoms with Crippen LogP contribution in [0, 0.1) is 0 Å². The summed E-state index contributed by atoms with van der Waals surface area (Å²) in [5.74, 6) is -1.42. The van der Waals surface area contributed by atoms with E-state index in [0.717, 1.165) is 103 Å². The maximum atomic E-state index is 10.8. The monoisotopic (exact) mass is 1110 g/mol. The van der Waals surface area contributed by atoms with Gasteiger partial charge >= 0.3 is 5.97 Å². The molecule has 0 heterocycles. The van der Waals surface area contributed by atoms with Gasteiger partial charge in [0, 0.05) is 4.32 Å². The van der Waals surface area contributed by atoms with Gasteiger partial charge in [0.1, 0.15) is 13.2 Å². The summed E-state index contributed by atoms with van der Waals surface area (Å²) in [6.07, 6.45) is 32.8. The van der Waals surface area contributed by atoms with E-state index in [0.29, 0.717) is 4.32 Å². The Morgan fingerprint density at radius 1 is 0.452 bits per heavy atom. The van der Waals surface area contributed by atoms with Crippen LogP contribution in [0.1, 0.15) is 297 Å². The fourth-order valence-corrected chi connectivity index (χ4v) is 7.20. The van der Waals surface area contributed by atoms with Crippen molar-refractivity contribution >= 4 is 27.8 Å². The van der Waals surface area contributed by atoms with Gasteiger partial charge < -0.3 is 24.8 Å². The Hall–Kier alpha value is -2.08. The van der Waals surface area contributed by atoms with E-state index < -0.39 is 23.1 Å².